The molecule has 0 aliphatic carbocycles. The van der Waals surface area contributed by atoms with Crippen molar-refractivity contribution in [2.24, 2.45) is 7.05 Å². The Kier molecular flexibility index (Phi) is 5.69. The van der Waals surface area contributed by atoms with E-state index in [0.717, 1.165) is 10.6 Å². The Balaban J connectivity index is 1.53. The summed E-state index contributed by atoms with van der Waals surface area (Å²) < 4.78 is 7.41. The largest absolute Gasteiger partial charge is 0.488 e. The van der Waals surface area contributed by atoms with Crippen molar-refractivity contribution in [2.45, 2.75) is 26.0 Å². The predicted octanol–water partition coefficient (Wildman–Crippen LogP) is 1.24. The van der Waals surface area contributed by atoms with E-state index in [1.165, 1.54) is 16.0 Å². The van der Waals surface area contributed by atoms with Crippen molar-refractivity contribution in [3.05, 3.63) is 40.0 Å². The van der Waals surface area contributed by atoms with Crippen molar-refractivity contribution in [3.63, 3.8) is 0 Å². The highest BCUT2D eigenvalue weighted by Crippen LogP contribution is 2.25. The third-order valence-corrected chi connectivity index (χ3v) is 6.12. The molecule has 2 N–H and O–H groups in total. The highest BCUT2D eigenvalue weighted by molar-refractivity contribution is 7.09. The highest BCUT2D eigenvalue weighted by atomic mass is 32.1. The van der Waals surface area contributed by atoms with E-state index < -0.39 is 6.04 Å². The van der Waals surface area contributed by atoms with Crippen LogP contribution in [-0.4, -0.2) is 62.3 Å². The summed E-state index contributed by atoms with van der Waals surface area (Å²) in [6, 6.07) is 4.83. The van der Waals surface area contributed by atoms with Gasteiger partial charge < -0.3 is 20.1 Å². The van der Waals surface area contributed by atoms with E-state index in [4.69, 9.17) is 9.84 Å². The molecule has 0 saturated carbocycles. The molecule has 9 nitrogen and oxygen atoms in total. The van der Waals surface area contributed by atoms with Gasteiger partial charge in [0.2, 0.25) is 5.91 Å². The fraction of sp³-hybridized carbons (Fsp3) is 0.400. The first-order chi connectivity index (χ1) is 14.5. The van der Waals surface area contributed by atoms with E-state index in [1.54, 1.807) is 23.5 Å². The van der Waals surface area contributed by atoms with Crippen LogP contribution >= 0.6 is 11.3 Å². The minimum Gasteiger partial charge on any atom is -0.488 e. The minimum absolute atomic E-state index is 0.0946. The average molecular weight is 430 g/mol. The lowest BCUT2D eigenvalue weighted by Gasteiger charge is -2.15. The lowest BCUT2D eigenvalue weighted by Crippen LogP contribution is -2.42. The molecule has 1 aromatic carbocycles. The molecule has 0 radical (unpaired) electrons. The number of fused-ring (bicyclic) bond motifs is 1. The molecule has 0 bridgehead atoms. The van der Waals surface area contributed by atoms with Crippen LogP contribution in [0.15, 0.2) is 23.7 Å². The number of hydrogen-bond donors (Lipinski definition) is 2. The molecule has 1 atom stereocenters. The maximum atomic E-state index is 13.0. The number of nitrogens with one attached hydrogen (secondary N) is 1. The summed E-state index contributed by atoms with van der Waals surface area (Å²) in [5.41, 5.74) is 3.77. The quantitative estimate of drug-likeness (QED) is 0.585. The van der Waals surface area contributed by atoms with Crippen molar-refractivity contribution in [3.8, 4) is 5.75 Å². The summed E-state index contributed by atoms with van der Waals surface area (Å²) in [5, 5.41) is 16.9. The van der Waals surface area contributed by atoms with Crippen LogP contribution in [0.2, 0.25) is 0 Å². The van der Waals surface area contributed by atoms with Crippen LogP contribution in [0, 0.1) is 6.92 Å². The number of carbonyl (C=O) groups excluding carboxylic acids is 2. The molecule has 10 heteroatoms. The van der Waals surface area contributed by atoms with Gasteiger partial charge in [-0.05, 0) is 31.5 Å². The van der Waals surface area contributed by atoms with Crippen LogP contribution in [0.1, 0.15) is 27.5 Å². The lowest BCUT2D eigenvalue weighted by atomic mass is 10.1. The van der Waals surface area contributed by atoms with Crippen LogP contribution in [0.4, 0.5) is 0 Å². The van der Waals surface area contributed by atoms with Gasteiger partial charge in [-0.2, -0.15) is 5.10 Å². The summed E-state index contributed by atoms with van der Waals surface area (Å²) in [6.07, 6.45) is 0.517. The number of rotatable bonds is 7. The second-order valence-electron chi connectivity index (χ2n) is 7.16. The number of thiazole rings is 1. The van der Waals surface area contributed by atoms with Crippen LogP contribution in [0.3, 0.4) is 0 Å². The number of aryl methyl sites for hydroxylation is 2. The van der Waals surface area contributed by atoms with Crippen LogP contribution in [-0.2, 0) is 18.4 Å². The van der Waals surface area contributed by atoms with Crippen molar-refractivity contribution < 1.29 is 19.4 Å². The number of amides is 2. The standard InChI is InChI=1S/C20H23N5O4S/c1-12-17(30-11-21-12)10-29-13-3-4-15-14(9-13)18(24(2)23-15)19(27)22-16-5-6-25(7-8-26)20(16)28/h3-4,9,11,16,26H,5-8,10H2,1-2H3,(H,22,27). The van der Waals surface area contributed by atoms with Gasteiger partial charge in [-0.15, -0.1) is 11.3 Å². The van der Waals surface area contributed by atoms with Crippen LogP contribution in [0.5, 0.6) is 5.75 Å². The molecule has 158 valence electrons. The summed E-state index contributed by atoms with van der Waals surface area (Å²) in [5.74, 6) is 0.0934. The Bertz CT molecular complexity index is 1090. The molecular weight excluding hydrogens is 406 g/mol. The first kappa shape index (κ1) is 20.3. The molecule has 3 aromatic rings. The number of ether oxygens (including phenoxy) is 1. The van der Waals surface area contributed by atoms with Crippen molar-refractivity contribution in [1.82, 2.24) is 25.0 Å². The molecule has 1 aliphatic heterocycles. The number of β-amino-alcohol motifs (C(OH)–C–C–N with tert-alkyl or cyclic N) is 1. The maximum Gasteiger partial charge on any atom is 0.270 e. The molecule has 30 heavy (non-hydrogen) atoms. The van der Waals surface area contributed by atoms with Gasteiger partial charge in [0.25, 0.3) is 5.91 Å². The molecule has 2 aromatic heterocycles. The lowest BCUT2D eigenvalue weighted by molar-refractivity contribution is -0.129. The number of likely N-dealkylation sites (tertiary alicyclic amines) is 1. The van der Waals surface area contributed by atoms with Gasteiger partial charge in [-0.1, -0.05) is 0 Å². The molecule has 1 unspecified atom stereocenters. The smallest absolute Gasteiger partial charge is 0.270 e. The van der Waals surface area contributed by atoms with E-state index in [9.17, 15) is 9.59 Å². The molecule has 1 aliphatic rings. The third-order valence-electron chi connectivity index (χ3n) is 5.21. The normalized spacial score (nSPS) is 16.4. The number of nitrogens with zero attached hydrogens (tertiary/aromatic N) is 4. The summed E-state index contributed by atoms with van der Waals surface area (Å²) in [6.45, 7) is 3.04. The fourth-order valence-electron chi connectivity index (χ4n) is 3.59. The minimum atomic E-state index is -0.595. The number of benzene rings is 1. The number of carbonyl (C=O) groups is 2. The van der Waals surface area contributed by atoms with E-state index in [-0.39, 0.29) is 25.0 Å². The van der Waals surface area contributed by atoms with Gasteiger partial charge >= 0.3 is 0 Å². The maximum absolute atomic E-state index is 13.0. The van der Waals surface area contributed by atoms with Gasteiger partial charge in [-0.3, -0.25) is 14.3 Å². The molecule has 1 fully saturated rings. The van der Waals surface area contributed by atoms with E-state index in [2.05, 4.69) is 15.4 Å². The molecule has 3 heterocycles. The first-order valence-electron chi connectivity index (χ1n) is 9.67. The SMILES string of the molecule is Cc1ncsc1COc1ccc2nn(C)c(C(=O)NC3CCN(CCO)C3=O)c2c1. The highest BCUT2D eigenvalue weighted by Gasteiger charge is 2.33. The first-order valence-corrected chi connectivity index (χ1v) is 10.5. The van der Waals surface area contributed by atoms with Crippen molar-refractivity contribution >= 4 is 34.1 Å². The average Bonchev–Trinajstić information content (AvgIpc) is 3.38. The number of hydrogen-bond acceptors (Lipinski definition) is 7. The predicted molar refractivity (Wildman–Crippen MR) is 111 cm³/mol. The van der Waals surface area contributed by atoms with Gasteiger partial charge in [0.05, 0.1) is 28.2 Å². The topological polar surface area (TPSA) is 110 Å². The van der Waals surface area contributed by atoms with Crippen molar-refractivity contribution in [1.29, 1.82) is 0 Å². The molecule has 4 rings (SSSR count). The van der Waals surface area contributed by atoms with Gasteiger partial charge in [0, 0.05) is 25.5 Å². The molecule has 1 saturated heterocycles. The zero-order chi connectivity index (χ0) is 21.3. The van der Waals surface area contributed by atoms with E-state index in [1.807, 2.05) is 19.1 Å². The Labute approximate surface area is 177 Å². The van der Waals surface area contributed by atoms with Gasteiger partial charge in [0.1, 0.15) is 24.1 Å². The number of aromatic nitrogens is 3. The third kappa shape index (κ3) is 3.88. The number of aliphatic hydroxyl groups excluding tert-OH is 1. The Hall–Kier alpha value is -2.98. The fourth-order valence-corrected chi connectivity index (χ4v) is 4.28. The second-order valence-corrected chi connectivity index (χ2v) is 8.10. The second kappa shape index (κ2) is 8.41. The zero-order valence-corrected chi connectivity index (χ0v) is 17.6. The Morgan fingerprint density at radius 1 is 1.43 bits per heavy atom. The molecule has 2 amide bonds. The van der Waals surface area contributed by atoms with Gasteiger partial charge in [-0.25, -0.2) is 4.98 Å². The van der Waals surface area contributed by atoms with Crippen LogP contribution in [0.25, 0.3) is 10.9 Å². The van der Waals surface area contributed by atoms with Gasteiger partial charge in [0.15, 0.2) is 0 Å². The summed E-state index contributed by atoms with van der Waals surface area (Å²) in [7, 11) is 1.70. The summed E-state index contributed by atoms with van der Waals surface area (Å²) in [4.78, 5) is 32.2. The molecule has 0 spiro atoms. The zero-order valence-electron chi connectivity index (χ0n) is 16.8. The van der Waals surface area contributed by atoms with E-state index in [0.29, 0.717) is 41.9 Å². The Morgan fingerprint density at radius 3 is 3.00 bits per heavy atom. The number of aliphatic hydroxyl groups is 1. The van der Waals surface area contributed by atoms with E-state index >= 15 is 0 Å². The summed E-state index contributed by atoms with van der Waals surface area (Å²) >= 11 is 1.54. The monoisotopic (exact) mass is 429 g/mol. The van der Waals surface area contributed by atoms with Crippen LogP contribution < -0.4 is 10.1 Å². The molecular formula is C20H23N5O4S. The Morgan fingerprint density at radius 2 is 2.27 bits per heavy atom. The van der Waals surface area contributed by atoms with Crippen molar-refractivity contribution in [2.75, 3.05) is 19.7 Å².